The third kappa shape index (κ3) is 2.44. The first-order valence-corrected chi connectivity index (χ1v) is 6.90. The molecule has 0 atom stereocenters. The Bertz CT molecular complexity index is 615. The lowest BCUT2D eigenvalue weighted by Crippen LogP contribution is -2.57. The third-order valence-corrected chi connectivity index (χ3v) is 5.00. The van der Waals surface area contributed by atoms with Crippen LogP contribution in [0, 0.1) is 15.9 Å². The monoisotopic (exact) mass is 289 g/mol. The molecule has 1 aliphatic rings. The Morgan fingerprint density at radius 1 is 1.47 bits per heavy atom. The molecule has 0 spiro atoms. The first-order chi connectivity index (χ1) is 8.84. The van der Waals surface area contributed by atoms with Crippen molar-refractivity contribution in [3.05, 3.63) is 34.1 Å². The first kappa shape index (κ1) is 13.8. The van der Waals surface area contributed by atoms with E-state index in [0.29, 0.717) is 19.2 Å². The second kappa shape index (κ2) is 4.83. The summed E-state index contributed by atoms with van der Waals surface area (Å²) < 4.78 is 39.1. The molecule has 19 heavy (non-hydrogen) atoms. The van der Waals surface area contributed by atoms with Gasteiger partial charge in [0.05, 0.1) is 11.0 Å². The van der Waals surface area contributed by atoms with Gasteiger partial charge in [-0.15, -0.1) is 0 Å². The number of nitrogens with one attached hydrogen (secondary N) is 1. The molecule has 0 aliphatic carbocycles. The van der Waals surface area contributed by atoms with E-state index in [1.807, 2.05) is 0 Å². The third-order valence-electron chi connectivity index (χ3n) is 3.06. The maximum absolute atomic E-state index is 13.7. The second-order valence-electron chi connectivity index (χ2n) is 4.21. The van der Waals surface area contributed by atoms with Crippen LogP contribution in [0.15, 0.2) is 23.1 Å². The van der Waals surface area contributed by atoms with E-state index >= 15 is 0 Å². The molecule has 0 bridgehead atoms. The summed E-state index contributed by atoms with van der Waals surface area (Å²) >= 11 is 0. The topological polar surface area (TPSA) is 92.6 Å². The number of nitrogens with zero attached hydrogens (tertiary/aromatic N) is 2. The number of hydrogen-bond acceptors (Lipinski definition) is 5. The number of rotatable bonds is 4. The number of sulfonamides is 1. The molecule has 7 nitrogen and oxygen atoms in total. The molecule has 2 rings (SSSR count). The number of halogens is 1. The Labute approximate surface area is 109 Å². The SMILES string of the molecule is CN(C1CNC1)S(=O)(=O)c1ccc([N+](=O)[O-])cc1F. The first-order valence-electron chi connectivity index (χ1n) is 5.46. The summed E-state index contributed by atoms with van der Waals surface area (Å²) in [7, 11) is -2.61. The Hall–Kier alpha value is -1.58. The lowest BCUT2D eigenvalue weighted by molar-refractivity contribution is -0.385. The van der Waals surface area contributed by atoms with Crippen LogP contribution in [0.4, 0.5) is 10.1 Å². The van der Waals surface area contributed by atoms with Gasteiger partial charge in [-0.1, -0.05) is 0 Å². The van der Waals surface area contributed by atoms with Crippen molar-refractivity contribution >= 4 is 15.7 Å². The number of hydrogen-bond donors (Lipinski definition) is 1. The number of non-ortho nitro benzene ring substituents is 1. The Balaban J connectivity index is 2.37. The predicted molar refractivity (Wildman–Crippen MR) is 64.7 cm³/mol. The normalized spacial score (nSPS) is 16.4. The minimum atomic E-state index is -3.98. The van der Waals surface area contributed by atoms with E-state index in [-0.39, 0.29) is 6.04 Å². The van der Waals surface area contributed by atoms with Gasteiger partial charge in [0.2, 0.25) is 10.0 Å². The molecule has 0 unspecified atom stereocenters. The molecule has 9 heteroatoms. The van der Waals surface area contributed by atoms with Crippen LogP contribution in [0.3, 0.4) is 0 Å². The van der Waals surface area contributed by atoms with Crippen molar-refractivity contribution in [1.82, 2.24) is 9.62 Å². The van der Waals surface area contributed by atoms with Crippen molar-refractivity contribution in [2.75, 3.05) is 20.1 Å². The fourth-order valence-corrected chi connectivity index (χ4v) is 3.09. The molecular weight excluding hydrogens is 277 g/mol. The maximum Gasteiger partial charge on any atom is 0.272 e. The standard InChI is InChI=1S/C10H12FN3O4S/c1-13(8-5-12-6-8)19(17,18)10-3-2-7(14(15)16)4-9(10)11/h2-4,8,12H,5-6H2,1H3. The van der Waals surface area contributed by atoms with E-state index in [1.54, 1.807) is 0 Å². The molecule has 104 valence electrons. The molecule has 1 aliphatic heterocycles. The molecular formula is C10H12FN3O4S. The number of likely N-dealkylation sites (N-methyl/N-ethyl adjacent to an activating group) is 1. The van der Waals surface area contributed by atoms with Gasteiger partial charge in [-0.2, -0.15) is 4.31 Å². The predicted octanol–water partition coefficient (Wildman–Crippen LogP) is 0.326. The zero-order valence-electron chi connectivity index (χ0n) is 10.0. The molecule has 1 heterocycles. The summed E-state index contributed by atoms with van der Waals surface area (Å²) in [4.78, 5) is 9.16. The maximum atomic E-state index is 13.7. The van der Waals surface area contributed by atoms with E-state index in [2.05, 4.69) is 5.32 Å². The van der Waals surface area contributed by atoms with Gasteiger partial charge < -0.3 is 5.32 Å². The van der Waals surface area contributed by atoms with Crippen LogP contribution in [0.25, 0.3) is 0 Å². The molecule has 1 N–H and O–H groups in total. The fraction of sp³-hybridized carbons (Fsp3) is 0.400. The molecule has 1 aromatic carbocycles. The molecule has 0 amide bonds. The van der Waals surface area contributed by atoms with Gasteiger partial charge in [-0.25, -0.2) is 12.8 Å². The summed E-state index contributed by atoms with van der Waals surface area (Å²) in [6.07, 6.45) is 0. The van der Waals surface area contributed by atoms with E-state index in [9.17, 15) is 22.9 Å². The van der Waals surface area contributed by atoms with Crippen LogP contribution in [-0.2, 0) is 10.0 Å². The van der Waals surface area contributed by atoms with E-state index in [0.717, 1.165) is 16.4 Å². The minimum absolute atomic E-state index is 0.223. The van der Waals surface area contributed by atoms with Gasteiger partial charge >= 0.3 is 0 Å². The van der Waals surface area contributed by atoms with Crippen LogP contribution >= 0.6 is 0 Å². The summed E-state index contributed by atoms with van der Waals surface area (Å²) in [6, 6.07) is 2.29. The molecule has 0 aromatic heterocycles. The average Bonchev–Trinajstić information content (AvgIpc) is 2.25. The van der Waals surface area contributed by atoms with E-state index in [1.165, 1.54) is 7.05 Å². The molecule has 1 saturated heterocycles. The zero-order valence-corrected chi connectivity index (χ0v) is 10.9. The van der Waals surface area contributed by atoms with Gasteiger partial charge in [0.15, 0.2) is 0 Å². The van der Waals surface area contributed by atoms with Crippen molar-refractivity contribution < 1.29 is 17.7 Å². The summed E-state index contributed by atoms with van der Waals surface area (Å²) in [5.41, 5.74) is -0.482. The van der Waals surface area contributed by atoms with Crippen LogP contribution in [0.2, 0.25) is 0 Å². The summed E-state index contributed by atoms with van der Waals surface area (Å²) in [6.45, 7) is 1.01. The van der Waals surface area contributed by atoms with Gasteiger partial charge in [-0.3, -0.25) is 10.1 Å². The summed E-state index contributed by atoms with van der Waals surface area (Å²) in [5.74, 6) is -1.12. The number of nitro groups is 1. The molecule has 1 aromatic rings. The van der Waals surface area contributed by atoms with Gasteiger partial charge in [0, 0.05) is 32.2 Å². The van der Waals surface area contributed by atoms with Crippen molar-refractivity contribution in [3.8, 4) is 0 Å². The largest absolute Gasteiger partial charge is 0.313 e. The highest BCUT2D eigenvalue weighted by atomic mass is 32.2. The Morgan fingerprint density at radius 3 is 2.53 bits per heavy atom. The summed E-state index contributed by atoms with van der Waals surface area (Å²) in [5, 5.41) is 13.4. The van der Waals surface area contributed by atoms with Gasteiger partial charge in [0.1, 0.15) is 10.7 Å². The smallest absolute Gasteiger partial charge is 0.272 e. The lowest BCUT2D eigenvalue weighted by atomic mass is 10.2. The fourth-order valence-electron chi connectivity index (χ4n) is 1.69. The molecule has 0 radical (unpaired) electrons. The zero-order chi connectivity index (χ0) is 14.2. The van der Waals surface area contributed by atoms with Crippen LogP contribution in [0.5, 0.6) is 0 Å². The quantitative estimate of drug-likeness (QED) is 0.637. The van der Waals surface area contributed by atoms with Gasteiger partial charge in [-0.05, 0) is 6.07 Å². The van der Waals surface area contributed by atoms with E-state index < -0.39 is 31.3 Å². The van der Waals surface area contributed by atoms with E-state index in [4.69, 9.17) is 0 Å². The van der Waals surface area contributed by atoms with Crippen LogP contribution in [0.1, 0.15) is 0 Å². The van der Waals surface area contributed by atoms with Crippen molar-refractivity contribution in [1.29, 1.82) is 0 Å². The molecule has 0 saturated carbocycles. The average molecular weight is 289 g/mol. The Kier molecular flexibility index (Phi) is 3.52. The second-order valence-corrected chi connectivity index (χ2v) is 6.17. The minimum Gasteiger partial charge on any atom is -0.313 e. The number of nitro benzene ring substituents is 1. The highest BCUT2D eigenvalue weighted by molar-refractivity contribution is 7.89. The molecule has 1 fully saturated rings. The van der Waals surface area contributed by atoms with Gasteiger partial charge in [0.25, 0.3) is 5.69 Å². The van der Waals surface area contributed by atoms with Crippen molar-refractivity contribution in [3.63, 3.8) is 0 Å². The van der Waals surface area contributed by atoms with Crippen LogP contribution in [-0.4, -0.2) is 43.8 Å². The van der Waals surface area contributed by atoms with Crippen LogP contribution < -0.4 is 5.32 Å². The highest BCUT2D eigenvalue weighted by Gasteiger charge is 2.33. The Morgan fingerprint density at radius 2 is 2.11 bits per heavy atom. The lowest BCUT2D eigenvalue weighted by Gasteiger charge is -2.34. The highest BCUT2D eigenvalue weighted by Crippen LogP contribution is 2.24. The van der Waals surface area contributed by atoms with Crippen molar-refractivity contribution in [2.45, 2.75) is 10.9 Å². The van der Waals surface area contributed by atoms with Crippen molar-refractivity contribution in [2.24, 2.45) is 0 Å². The number of benzene rings is 1.